The molecule has 2 rings (SSSR count). The molecule has 22 heavy (non-hydrogen) atoms. The van der Waals surface area contributed by atoms with Crippen molar-refractivity contribution in [1.29, 1.82) is 0 Å². The molecule has 0 amide bonds. The SMILES string of the molecule is CC/C=C\CC[C@@H](CO)[C@H]1CN1S(=O)(=O)c1ccc(C)cc1. The number of sulfonamides is 1. The van der Waals surface area contributed by atoms with Crippen LogP contribution in [0.5, 0.6) is 0 Å². The van der Waals surface area contributed by atoms with Crippen molar-refractivity contribution in [2.75, 3.05) is 13.2 Å². The molecule has 0 bridgehead atoms. The summed E-state index contributed by atoms with van der Waals surface area (Å²) in [6.45, 7) is 4.56. The lowest BCUT2D eigenvalue weighted by molar-refractivity contribution is 0.211. The second kappa shape index (κ2) is 7.40. The average Bonchev–Trinajstić information content (AvgIpc) is 3.29. The highest BCUT2D eigenvalue weighted by atomic mass is 32.2. The Morgan fingerprint density at radius 1 is 1.32 bits per heavy atom. The molecule has 0 aromatic heterocycles. The van der Waals surface area contributed by atoms with E-state index in [1.54, 1.807) is 12.1 Å². The van der Waals surface area contributed by atoms with Crippen LogP contribution in [0.2, 0.25) is 0 Å². The molecule has 5 heteroatoms. The number of hydrogen-bond acceptors (Lipinski definition) is 3. The molecule has 1 aliphatic heterocycles. The largest absolute Gasteiger partial charge is 0.396 e. The molecule has 0 spiro atoms. The fraction of sp³-hybridized carbons (Fsp3) is 0.529. The van der Waals surface area contributed by atoms with E-state index in [-0.39, 0.29) is 18.6 Å². The Labute approximate surface area is 133 Å². The Kier molecular flexibility index (Phi) is 5.78. The highest BCUT2D eigenvalue weighted by Crippen LogP contribution is 2.35. The van der Waals surface area contributed by atoms with Crippen LogP contribution in [0.3, 0.4) is 0 Å². The number of nitrogens with zero attached hydrogens (tertiary/aromatic N) is 1. The first-order valence-corrected chi connectivity index (χ1v) is 9.29. The summed E-state index contributed by atoms with van der Waals surface area (Å²) in [5.41, 5.74) is 1.04. The topological polar surface area (TPSA) is 57.4 Å². The molecule has 3 atom stereocenters. The van der Waals surface area contributed by atoms with Crippen LogP contribution in [0.4, 0.5) is 0 Å². The molecule has 1 saturated heterocycles. The molecule has 4 nitrogen and oxygen atoms in total. The normalized spacial score (nSPS) is 22.9. The van der Waals surface area contributed by atoms with Crippen molar-refractivity contribution in [2.24, 2.45) is 5.92 Å². The fourth-order valence-corrected chi connectivity index (χ4v) is 4.27. The van der Waals surface area contributed by atoms with E-state index in [2.05, 4.69) is 19.1 Å². The van der Waals surface area contributed by atoms with Crippen LogP contribution < -0.4 is 0 Å². The van der Waals surface area contributed by atoms with E-state index in [1.807, 2.05) is 19.1 Å². The summed E-state index contributed by atoms with van der Waals surface area (Å²) in [4.78, 5) is 0.336. The second-order valence-electron chi connectivity index (χ2n) is 5.85. The maximum absolute atomic E-state index is 12.5. The van der Waals surface area contributed by atoms with Crippen molar-refractivity contribution in [2.45, 2.75) is 44.0 Å². The molecule has 1 aromatic rings. The van der Waals surface area contributed by atoms with Gasteiger partial charge in [-0.1, -0.05) is 36.8 Å². The van der Waals surface area contributed by atoms with Gasteiger partial charge in [0.1, 0.15) is 0 Å². The number of aliphatic hydroxyl groups excluding tert-OH is 1. The third kappa shape index (κ3) is 3.97. The minimum absolute atomic E-state index is 0.0155. The van der Waals surface area contributed by atoms with Gasteiger partial charge in [0.05, 0.1) is 4.90 Å². The lowest BCUT2D eigenvalue weighted by atomic mass is 10.0. The van der Waals surface area contributed by atoms with Crippen molar-refractivity contribution in [1.82, 2.24) is 4.31 Å². The zero-order chi connectivity index (χ0) is 16.2. The molecule has 0 saturated carbocycles. The Balaban J connectivity index is 2.00. The summed E-state index contributed by atoms with van der Waals surface area (Å²) in [6.07, 6.45) is 6.90. The Hall–Kier alpha value is -1.17. The number of rotatable bonds is 8. The van der Waals surface area contributed by atoms with Crippen LogP contribution in [-0.4, -0.2) is 37.0 Å². The van der Waals surface area contributed by atoms with Crippen LogP contribution in [0.25, 0.3) is 0 Å². The molecule has 1 fully saturated rings. The fourth-order valence-electron chi connectivity index (χ4n) is 2.64. The molecule has 1 aliphatic rings. The minimum Gasteiger partial charge on any atom is -0.396 e. The van der Waals surface area contributed by atoms with Gasteiger partial charge in [0, 0.05) is 25.1 Å². The third-order valence-electron chi connectivity index (χ3n) is 4.12. The van der Waals surface area contributed by atoms with E-state index >= 15 is 0 Å². The van der Waals surface area contributed by atoms with E-state index in [9.17, 15) is 13.5 Å². The number of aliphatic hydroxyl groups is 1. The first kappa shape index (κ1) is 17.2. The zero-order valence-electron chi connectivity index (χ0n) is 13.3. The van der Waals surface area contributed by atoms with Crippen LogP contribution in [0.1, 0.15) is 31.7 Å². The van der Waals surface area contributed by atoms with Gasteiger partial charge in [0.25, 0.3) is 0 Å². The second-order valence-corrected chi connectivity index (χ2v) is 7.75. The summed E-state index contributed by atoms with van der Waals surface area (Å²) in [5.74, 6) is 0.0155. The van der Waals surface area contributed by atoms with Gasteiger partial charge in [-0.3, -0.25) is 0 Å². The lowest BCUT2D eigenvalue weighted by Crippen LogP contribution is -2.21. The standard InChI is InChI=1S/C17H25NO3S/c1-3-4-5-6-7-15(13-19)17-12-18(17)22(20,21)16-10-8-14(2)9-11-16/h4-5,8-11,15,17,19H,3,6-7,12-13H2,1-2H3/b5-4-/t15-,17+,18?/m0/s1. The number of aryl methyl sites for hydroxylation is 1. The van der Waals surface area contributed by atoms with Crippen molar-refractivity contribution >= 4 is 10.0 Å². The highest BCUT2D eigenvalue weighted by molar-refractivity contribution is 7.89. The van der Waals surface area contributed by atoms with E-state index in [0.29, 0.717) is 11.4 Å². The highest BCUT2D eigenvalue weighted by Gasteiger charge is 2.48. The lowest BCUT2D eigenvalue weighted by Gasteiger charge is -2.13. The summed E-state index contributed by atoms with van der Waals surface area (Å²) in [6, 6.07) is 6.86. The van der Waals surface area contributed by atoms with Gasteiger partial charge in [-0.15, -0.1) is 0 Å². The minimum atomic E-state index is -3.42. The molecular formula is C17H25NO3S. The first-order chi connectivity index (χ1) is 10.5. The smallest absolute Gasteiger partial charge is 0.243 e. The van der Waals surface area contributed by atoms with E-state index in [1.165, 1.54) is 4.31 Å². The quantitative estimate of drug-likeness (QED) is 0.591. The van der Waals surface area contributed by atoms with E-state index in [4.69, 9.17) is 0 Å². The van der Waals surface area contributed by atoms with E-state index in [0.717, 1.165) is 24.8 Å². The molecule has 122 valence electrons. The molecule has 0 radical (unpaired) electrons. The Bertz CT molecular complexity index is 607. The van der Waals surface area contributed by atoms with Crippen LogP contribution in [0.15, 0.2) is 41.3 Å². The van der Waals surface area contributed by atoms with Gasteiger partial charge in [-0.25, -0.2) is 8.42 Å². The van der Waals surface area contributed by atoms with Crippen molar-refractivity contribution in [3.05, 3.63) is 42.0 Å². The zero-order valence-corrected chi connectivity index (χ0v) is 14.1. The van der Waals surface area contributed by atoms with Crippen molar-refractivity contribution < 1.29 is 13.5 Å². The van der Waals surface area contributed by atoms with Gasteiger partial charge in [-0.05, 0) is 38.3 Å². The van der Waals surface area contributed by atoms with Gasteiger partial charge < -0.3 is 5.11 Å². The monoisotopic (exact) mass is 323 g/mol. The van der Waals surface area contributed by atoms with Gasteiger partial charge >= 0.3 is 0 Å². The summed E-state index contributed by atoms with van der Waals surface area (Å²) >= 11 is 0. The summed E-state index contributed by atoms with van der Waals surface area (Å²) in [5, 5.41) is 9.54. The predicted molar refractivity (Wildman–Crippen MR) is 88.1 cm³/mol. The van der Waals surface area contributed by atoms with Crippen molar-refractivity contribution in [3.8, 4) is 0 Å². The van der Waals surface area contributed by atoms with E-state index < -0.39 is 10.0 Å². The first-order valence-electron chi connectivity index (χ1n) is 7.85. The number of benzene rings is 1. The number of allylic oxidation sites excluding steroid dienone is 2. The molecule has 1 aromatic carbocycles. The van der Waals surface area contributed by atoms with Crippen LogP contribution in [-0.2, 0) is 10.0 Å². The Morgan fingerprint density at radius 3 is 2.59 bits per heavy atom. The maximum Gasteiger partial charge on any atom is 0.243 e. The van der Waals surface area contributed by atoms with Gasteiger partial charge in [-0.2, -0.15) is 4.31 Å². The molecule has 1 N–H and O–H groups in total. The number of hydrogen-bond donors (Lipinski definition) is 1. The summed E-state index contributed by atoms with van der Waals surface area (Å²) < 4.78 is 26.6. The maximum atomic E-state index is 12.5. The van der Waals surface area contributed by atoms with Crippen molar-refractivity contribution in [3.63, 3.8) is 0 Å². The Morgan fingerprint density at radius 2 is 2.00 bits per heavy atom. The van der Waals surface area contributed by atoms with Crippen LogP contribution in [0, 0.1) is 12.8 Å². The molecular weight excluding hydrogens is 298 g/mol. The molecule has 1 heterocycles. The molecule has 0 aliphatic carbocycles. The summed E-state index contributed by atoms with van der Waals surface area (Å²) in [7, 11) is -3.42. The van der Waals surface area contributed by atoms with Gasteiger partial charge in [0.15, 0.2) is 0 Å². The van der Waals surface area contributed by atoms with Gasteiger partial charge in [0.2, 0.25) is 10.0 Å². The average molecular weight is 323 g/mol. The predicted octanol–water partition coefficient (Wildman–Crippen LogP) is 2.72. The van der Waals surface area contributed by atoms with Crippen LogP contribution >= 0.6 is 0 Å². The molecule has 1 unspecified atom stereocenters. The third-order valence-corrected chi connectivity index (χ3v) is 6.02.